The molecule has 1 aliphatic rings. The summed E-state index contributed by atoms with van der Waals surface area (Å²) in [4.78, 5) is 16.3. The zero-order valence-electron chi connectivity index (χ0n) is 12.0. The highest BCUT2D eigenvalue weighted by molar-refractivity contribution is 5.93. The van der Waals surface area contributed by atoms with Gasteiger partial charge in [-0.25, -0.2) is 4.98 Å². The molecule has 2 atom stereocenters. The highest BCUT2D eigenvalue weighted by Crippen LogP contribution is 2.30. The SMILES string of the molecule is CC(C)C(CCO)NC(=O)c1ncoc1C1CCCO1. The fourth-order valence-electron chi connectivity index (χ4n) is 2.39. The Bertz CT molecular complexity index is 438. The maximum Gasteiger partial charge on any atom is 0.273 e. The van der Waals surface area contributed by atoms with Gasteiger partial charge in [0.2, 0.25) is 0 Å². The molecule has 20 heavy (non-hydrogen) atoms. The Kier molecular flexibility index (Phi) is 5.14. The molecule has 1 fully saturated rings. The monoisotopic (exact) mass is 282 g/mol. The molecule has 0 aromatic carbocycles. The van der Waals surface area contributed by atoms with Gasteiger partial charge in [0, 0.05) is 19.3 Å². The standard InChI is InChI=1S/C14H22N2O4/c1-9(2)10(5-6-17)16-14(18)12-13(20-8-15-12)11-4-3-7-19-11/h8-11,17H,3-7H2,1-2H3,(H,16,18). The van der Waals surface area contributed by atoms with Gasteiger partial charge in [0.05, 0.1) is 0 Å². The lowest BCUT2D eigenvalue weighted by Crippen LogP contribution is -2.39. The summed E-state index contributed by atoms with van der Waals surface area (Å²) in [6, 6.07) is -0.0819. The van der Waals surface area contributed by atoms with Crippen molar-refractivity contribution in [1.82, 2.24) is 10.3 Å². The van der Waals surface area contributed by atoms with Gasteiger partial charge in [-0.2, -0.15) is 0 Å². The van der Waals surface area contributed by atoms with E-state index in [0.29, 0.717) is 24.5 Å². The van der Waals surface area contributed by atoms with Crippen molar-refractivity contribution < 1.29 is 19.1 Å². The van der Waals surface area contributed by atoms with E-state index < -0.39 is 0 Å². The summed E-state index contributed by atoms with van der Waals surface area (Å²) in [7, 11) is 0. The molecule has 1 aromatic heterocycles. The van der Waals surface area contributed by atoms with Crippen LogP contribution in [0.5, 0.6) is 0 Å². The number of rotatable bonds is 6. The molecule has 1 aromatic rings. The van der Waals surface area contributed by atoms with Gasteiger partial charge in [-0.1, -0.05) is 13.8 Å². The fraction of sp³-hybridized carbons (Fsp3) is 0.714. The molecule has 1 aliphatic heterocycles. The van der Waals surface area contributed by atoms with E-state index >= 15 is 0 Å². The van der Waals surface area contributed by atoms with Crippen molar-refractivity contribution in [2.75, 3.05) is 13.2 Å². The minimum Gasteiger partial charge on any atom is -0.445 e. The van der Waals surface area contributed by atoms with Crippen LogP contribution >= 0.6 is 0 Å². The molecule has 2 unspecified atom stereocenters. The predicted molar refractivity (Wildman–Crippen MR) is 72.2 cm³/mol. The third-order valence-electron chi connectivity index (χ3n) is 3.59. The van der Waals surface area contributed by atoms with Crippen LogP contribution < -0.4 is 5.32 Å². The Morgan fingerprint density at radius 1 is 1.60 bits per heavy atom. The Labute approximate surface area is 118 Å². The highest BCUT2D eigenvalue weighted by atomic mass is 16.5. The van der Waals surface area contributed by atoms with Crippen molar-refractivity contribution in [3.05, 3.63) is 17.8 Å². The largest absolute Gasteiger partial charge is 0.445 e. The normalized spacial score (nSPS) is 20.3. The molecule has 1 amide bonds. The molecule has 2 heterocycles. The van der Waals surface area contributed by atoms with Crippen LogP contribution in [0.1, 0.15) is 55.5 Å². The fourth-order valence-corrected chi connectivity index (χ4v) is 2.39. The van der Waals surface area contributed by atoms with Gasteiger partial charge in [0.15, 0.2) is 17.8 Å². The van der Waals surface area contributed by atoms with Crippen LogP contribution in [0.2, 0.25) is 0 Å². The number of nitrogens with zero attached hydrogens (tertiary/aromatic N) is 1. The maximum atomic E-state index is 12.3. The summed E-state index contributed by atoms with van der Waals surface area (Å²) in [5, 5.41) is 12.0. The van der Waals surface area contributed by atoms with Crippen molar-refractivity contribution in [1.29, 1.82) is 0 Å². The average molecular weight is 282 g/mol. The lowest BCUT2D eigenvalue weighted by Gasteiger charge is -2.21. The van der Waals surface area contributed by atoms with Gasteiger partial charge >= 0.3 is 0 Å². The average Bonchev–Trinajstić information content (AvgIpc) is 3.08. The Balaban J connectivity index is 2.07. The number of aliphatic hydroxyl groups is 1. The van der Waals surface area contributed by atoms with E-state index in [1.165, 1.54) is 6.39 Å². The van der Waals surface area contributed by atoms with Gasteiger partial charge in [-0.15, -0.1) is 0 Å². The molecular formula is C14H22N2O4. The van der Waals surface area contributed by atoms with E-state index in [4.69, 9.17) is 14.3 Å². The van der Waals surface area contributed by atoms with Crippen molar-refractivity contribution in [3.63, 3.8) is 0 Å². The van der Waals surface area contributed by atoms with Crippen molar-refractivity contribution in [3.8, 4) is 0 Å². The van der Waals surface area contributed by atoms with E-state index in [9.17, 15) is 4.79 Å². The number of ether oxygens (including phenoxy) is 1. The molecule has 1 saturated heterocycles. The van der Waals surface area contributed by atoms with E-state index in [-0.39, 0.29) is 30.6 Å². The molecule has 6 nitrogen and oxygen atoms in total. The Hall–Kier alpha value is -1.40. The number of carbonyl (C=O) groups excluding carboxylic acids is 1. The second kappa shape index (κ2) is 6.85. The van der Waals surface area contributed by atoms with Gasteiger partial charge in [-0.05, 0) is 25.2 Å². The quantitative estimate of drug-likeness (QED) is 0.829. The van der Waals surface area contributed by atoms with Crippen molar-refractivity contribution >= 4 is 5.91 Å². The topological polar surface area (TPSA) is 84.6 Å². The van der Waals surface area contributed by atoms with Crippen LogP contribution in [0.4, 0.5) is 0 Å². The number of aromatic nitrogens is 1. The molecule has 2 N–H and O–H groups in total. The first kappa shape index (κ1) is 15.0. The van der Waals surface area contributed by atoms with Crippen LogP contribution in [0.3, 0.4) is 0 Å². The third-order valence-corrected chi connectivity index (χ3v) is 3.59. The first-order valence-electron chi connectivity index (χ1n) is 7.10. The minimum absolute atomic E-state index is 0.0422. The zero-order chi connectivity index (χ0) is 14.5. The maximum absolute atomic E-state index is 12.3. The number of amides is 1. The summed E-state index contributed by atoms with van der Waals surface area (Å²) in [5.41, 5.74) is 0.292. The minimum atomic E-state index is -0.267. The molecule has 112 valence electrons. The molecule has 2 rings (SSSR count). The van der Waals surface area contributed by atoms with Crippen LogP contribution in [0.15, 0.2) is 10.8 Å². The number of hydrogen-bond donors (Lipinski definition) is 2. The van der Waals surface area contributed by atoms with Crippen LogP contribution in [-0.4, -0.2) is 35.3 Å². The molecule has 0 aliphatic carbocycles. The Morgan fingerprint density at radius 2 is 2.40 bits per heavy atom. The van der Waals surface area contributed by atoms with Crippen molar-refractivity contribution in [2.24, 2.45) is 5.92 Å². The number of nitrogens with one attached hydrogen (secondary N) is 1. The van der Waals surface area contributed by atoms with E-state index in [0.717, 1.165) is 12.8 Å². The molecule has 0 spiro atoms. The van der Waals surface area contributed by atoms with Gasteiger partial charge < -0.3 is 19.6 Å². The number of carbonyl (C=O) groups is 1. The zero-order valence-corrected chi connectivity index (χ0v) is 12.0. The first-order valence-corrected chi connectivity index (χ1v) is 7.10. The van der Waals surface area contributed by atoms with Gasteiger partial charge in [0.1, 0.15) is 6.10 Å². The van der Waals surface area contributed by atoms with E-state index in [1.54, 1.807) is 0 Å². The Morgan fingerprint density at radius 3 is 3.00 bits per heavy atom. The molecule has 0 saturated carbocycles. The molecule has 6 heteroatoms. The highest BCUT2D eigenvalue weighted by Gasteiger charge is 2.29. The van der Waals surface area contributed by atoms with Crippen LogP contribution in [0.25, 0.3) is 0 Å². The molecular weight excluding hydrogens is 260 g/mol. The number of oxazole rings is 1. The summed E-state index contributed by atoms with van der Waals surface area (Å²) in [5.74, 6) is 0.479. The molecule has 0 radical (unpaired) electrons. The summed E-state index contributed by atoms with van der Waals surface area (Å²) in [6.45, 7) is 4.74. The predicted octanol–water partition coefficient (Wildman–Crippen LogP) is 1.66. The summed E-state index contributed by atoms with van der Waals surface area (Å²) >= 11 is 0. The third kappa shape index (κ3) is 3.37. The lowest BCUT2D eigenvalue weighted by atomic mass is 10.0. The second-order valence-corrected chi connectivity index (χ2v) is 5.40. The number of hydrogen-bond acceptors (Lipinski definition) is 5. The van der Waals surface area contributed by atoms with Crippen LogP contribution in [0, 0.1) is 5.92 Å². The number of aliphatic hydroxyl groups excluding tert-OH is 1. The lowest BCUT2D eigenvalue weighted by molar-refractivity contribution is 0.0841. The van der Waals surface area contributed by atoms with E-state index in [2.05, 4.69) is 10.3 Å². The smallest absolute Gasteiger partial charge is 0.273 e. The first-order chi connectivity index (χ1) is 9.63. The molecule has 0 bridgehead atoms. The van der Waals surface area contributed by atoms with Crippen LogP contribution in [-0.2, 0) is 4.74 Å². The summed E-state index contributed by atoms with van der Waals surface area (Å²) in [6.07, 6.45) is 3.44. The summed E-state index contributed by atoms with van der Waals surface area (Å²) < 4.78 is 10.9. The second-order valence-electron chi connectivity index (χ2n) is 5.40. The van der Waals surface area contributed by atoms with Gasteiger partial charge in [0.25, 0.3) is 5.91 Å². The van der Waals surface area contributed by atoms with Gasteiger partial charge in [-0.3, -0.25) is 4.79 Å². The van der Waals surface area contributed by atoms with Crippen molar-refractivity contribution in [2.45, 2.75) is 45.3 Å². The van der Waals surface area contributed by atoms with E-state index in [1.807, 2.05) is 13.8 Å².